The van der Waals surface area contributed by atoms with Crippen LogP contribution in [0.3, 0.4) is 0 Å². The molecular weight excluding hydrogens is 404 g/mol. The molecule has 2 aromatic carbocycles. The summed E-state index contributed by atoms with van der Waals surface area (Å²) in [5, 5.41) is 0. The van der Waals surface area contributed by atoms with E-state index in [1.165, 1.54) is 14.2 Å². The number of rotatable bonds is 8. The van der Waals surface area contributed by atoms with E-state index in [4.69, 9.17) is 13.9 Å². The van der Waals surface area contributed by atoms with Crippen molar-refractivity contribution < 1.29 is 23.5 Å². The van der Waals surface area contributed by atoms with Gasteiger partial charge in [-0.05, 0) is 25.8 Å². The molecule has 32 heavy (non-hydrogen) atoms. The number of ether oxygens (including phenoxy) is 2. The summed E-state index contributed by atoms with van der Waals surface area (Å²) in [6.07, 6.45) is 4.59. The number of hydrogen-bond donors (Lipinski definition) is 0. The third-order valence-electron chi connectivity index (χ3n) is 5.54. The number of furan rings is 1. The molecule has 0 aliphatic rings. The van der Waals surface area contributed by atoms with Gasteiger partial charge in [-0.25, -0.2) is 0 Å². The molecule has 0 fully saturated rings. The first-order chi connectivity index (χ1) is 15.5. The lowest BCUT2D eigenvalue weighted by Crippen LogP contribution is -2.33. The van der Waals surface area contributed by atoms with Gasteiger partial charge in [-0.15, -0.1) is 0 Å². The predicted molar refractivity (Wildman–Crippen MR) is 123 cm³/mol. The number of allylic oxidation sites excluding steroid dienone is 2. The third-order valence-corrected chi connectivity index (χ3v) is 5.54. The molecule has 0 bridgehead atoms. The maximum atomic E-state index is 12.8. The number of methoxy groups -OCH3 is 2. The first-order valence-electron chi connectivity index (χ1n) is 10.5. The average Bonchev–Trinajstić information content (AvgIpc) is 3.16. The first-order valence-corrected chi connectivity index (χ1v) is 10.5. The molecule has 1 unspecified atom stereocenters. The second kappa shape index (κ2) is 10.6. The lowest BCUT2D eigenvalue weighted by Gasteiger charge is -2.25. The fourth-order valence-electron chi connectivity index (χ4n) is 4.08. The van der Waals surface area contributed by atoms with Crippen molar-refractivity contribution in [2.45, 2.75) is 26.2 Å². The summed E-state index contributed by atoms with van der Waals surface area (Å²) in [6, 6.07) is 19.3. The summed E-state index contributed by atoms with van der Waals surface area (Å²) in [6.45, 7) is 3.82. The van der Waals surface area contributed by atoms with Gasteiger partial charge >= 0.3 is 11.9 Å². The van der Waals surface area contributed by atoms with E-state index in [9.17, 15) is 9.59 Å². The Morgan fingerprint density at radius 1 is 0.938 bits per heavy atom. The minimum Gasteiger partial charge on any atom is -0.468 e. The summed E-state index contributed by atoms with van der Waals surface area (Å²) in [5.41, 5.74) is 3.46. The minimum absolute atomic E-state index is 0.589. The van der Waals surface area contributed by atoms with E-state index in [-0.39, 0.29) is 0 Å². The molecule has 1 heterocycles. The molecule has 3 rings (SSSR count). The van der Waals surface area contributed by atoms with Crippen LogP contribution >= 0.6 is 0 Å². The van der Waals surface area contributed by atoms with Gasteiger partial charge < -0.3 is 13.9 Å². The van der Waals surface area contributed by atoms with E-state index in [0.717, 1.165) is 28.0 Å². The van der Waals surface area contributed by atoms with Crippen LogP contribution in [0.5, 0.6) is 0 Å². The van der Waals surface area contributed by atoms with Gasteiger partial charge in [0.15, 0.2) is 5.92 Å². The Labute approximate surface area is 188 Å². The van der Waals surface area contributed by atoms with E-state index in [0.29, 0.717) is 12.2 Å². The lowest BCUT2D eigenvalue weighted by atomic mass is 9.78. The molecule has 1 atom stereocenters. The molecule has 0 aliphatic carbocycles. The topological polar surface area (TPSA) is 65.7 Å². The number of esters is 2. The molecule has 1 aromatic heterocycles. The Kier molecular flexibility index (Phi) is 7.66. The Morgan fingerprint density at radius 2 is 1.50 bits per heavy atom. The highest BCUT2D eigenvalue weighted by Gasteiger charge is 2.42. The number of carbonyl (C=O) groups is 2. The molecule has 0 spiro atoms. The zero-order valence-corrected chi connectivity index (χ0v) is 18.8. The monoisotopic (exact) mass is 432 g/mol. The second-order valence-corrected chi connectivity index (χ2v) is 7.43. The fourth-order valence-corrected chi connectivity index (χ4v) is 4.08. The molecule has 0 saturated heterocycles. The van der Waals surface area contributed by atoms with Crippen molar-refractivity contribution in [2.75, 3.05) is 14.2 Å². The van der Waals surface area contributed by atoms with Gasteiger partial charge in [-0.2, -0.15) is 0 Å². The van der Waals surface area contributed by atoms with Crippen molar-refractivity contribution in [1.82, 2.24) is 0 Å². The molecule has 0 radical (unpaired) electrons. The van der Waals surface area contributed by atoms with E-state index < -0.39 is 23.8 Å². The molecule has 0 amide bonds. The van der Waals surface area contributed by atoms with Crippen LogP contribution in [0.1, 0.15) is 35.3 Å². The molecular formula is C27H28O5. The summed E-state index contributed by atoms with van der Waals surface area (Å²) in [4.78, 5) is 25.7. The van der Waals surface area contributed by atoms with E-state index in [1.807, 2.05) is 86.7 Å². The summed E-state index contributed by atoms with van der Waals surface area (Å²) in [5.74, 6) is -1.72. The summed E-state index contributed by atoms with van der Waals surface area (Å²) < 4.78 is 16.3. The minimum atomic E-state index is -1.17. The van der Waals surface area contributed by atoms with Gasteiger partial charge in [0.05, 0.1) is 14.2 Å². The highest BCUT2D eigenvalue weighted by molar-refractivity contribution is 5.97. The first kappa shape index (κ1) is 23.1. The van der Waals surface area contributed by atoms with Crippen molar-refractivity contribution in [3.8, 4) is 11.3 Å². The van der Waals surface area contributed by atoms with E-state index in [2.05, 4.69) is 0 Å². The third kappa shape index (κ3) is 4.67. The fraction of sp³-hybridized carbons (Fsp3) is 0.259. The van der Waals surface area contributed by atoms with Crippen molar-refractivity contribution in [3.05, 3.63) is 95.3 Å². The van der Waals surface area contributed by atoms with Crippen molar-refractivity contribution in [2.24, 2.45) is 5.92 Å². The zero-order chi connectivity index (χ0) is 23.1. The normalized spacial score (nSPS) is 12.2. The number of carbonyl (C=O) groups excluding carboxylic acids is 2. The largest absolute Gasteiger partial charge is 0.468 e. The molecule has 5 nitrogen and oxygen atoms in total. The second-order valence-electron chi connectivity index (χ2n) is 7.43. The Hall–Kier alpha value is -3.60. The van der Waals surface area contributed by atoms with Crippen molar-refractivity contribution in [1.29, 1.82) is 0 Å². The van der Waals surface area contributed by atoms with Gasteiger partial charge in [0.1, 0.15) is 11.5 Å². The van der Waals surface area contributed by atoms with Gasteiger partial charge in [0, 0.05) is 22.6 Å². The summed E-state index contributed by atoms with van der Waals surface area (Å²) in [7, 11) is 2.55. The van der Waals surface area contributed by atoms with Crippen LogP contribution in [-0.2, 0) is 25.5 Å². The maximum absolute atomic E-state index is 12.8. The molecule has 5 heteroatoms. The van der Waals surface area contributed by atoms with Crippen LogP contribution in [0, 0.1) is 12.8 Å². The van der Waals surface area contributed by atoms with Gasteiger partial charge in [0.2, 0.25) is 0 Å². The van der Waals surface area contributed by atoms with Crippen LogP contribution in [-0.4, -0.2) is 26.2 Å². The highest BCUT2D eigenvalue weighted by Crippen LogP contribution is 2.43. The molecule has 0 N–H and O–H groups in total. The van der Waals surface area contributed by atoms with E-state index in [1.54, 1.807) is 0 Å². The summed E-state index contributed by atoms with van der Waals surface area (Å²) >= 11 is 0. The highest BCUT2D eigenvalue weighted by atomic mass is 16.5. The SMILES string of the molecule is C/C=C\Cc1c(-c2ccccc2)oc(C)c1C(c1ccccc1)C(C(=O)OC)C(=O)OC. The Bertz CT molecular complexity index is 1060. The molecule has 0 saturated carbocycles. The van der Waals surface area contributed by atoms with E-state index >= 15 is 0 Å². The zero-order valence-electron chi connectivity index (χ0n) is 18.8. The van der Waals surface area contributed by atoms with Crippen molar-refractivity contribution in [3.63, 3.8) is 0 Å². The maximum Gasteiger partial charge on any atom is 0.321 e. The Morgan fingerprint density at radius 3 is 2.03 bits per heavy atom. The van der Waals surface area contributed by atoms with Gasteiger partial charge in [0.25, 0.3) is 0 Å². The van der Waals surface area contributed by atoms with Crippen LogP contribution in [0.4, 0.5) is 0 Å². The van der Waals surface area contributed by atoms with Crippen molar-refractivity contribution >= 4 is 11.9 Å². The molecule has 0 aliphatic heterocycles. The average molecular weight is 433 g/mol. The van der Waals surface area contributed by atoms with Crippen LogP contribution in [0.2, 0.25) is 0 Å². The number of benzene rings is 2. The predicted octanol–water partition coefficient (Wildman–Crippen LogP) is 5.47. The van der Waals surface area contributed by atoms with Gasteiger partial charge in [-0.3, -0.25) is 9.59 Å². The number of hydrogen-bond acceptors (Lipinski definition) is 5. The smallest absolute Gasteiger partial charge is 0.321 e. The quantitative estimate of drug-likeness (QED) is 0.268. The molecule has 166 valence electrons. The van der Waals surface area contributed by atoms with Gasteiger partial charge in [-0.1, -0.05) is 72.8 Å². The Balaban J connectivity index is 2.32. The van der Waals surface area contributed by atoms with Crippen LogP contribution < -0.4 is 0 Å². The van der Waals surface area contributed by atoms with Crippen LogP contribution in [0.25, 0.3) is 11.3 Å². The standard InChI is InChI=1S/C27H28O5/c1-5-6-17-21-22(18(2)32-25(21)20-15-11-8-12-16-20)23(19-13-9-7-10-14-19)24(26(28)30-3)27(29)31-4/h5-16,23-24H,17H2,1-4H3/b6-5-. The number of aryl methyl sites for hydroxylation is 1. The lowest BCUT2D eigenvalue weighted by molar-refractivity contribution is -0.159. The molecule has 3 aromatic rings. The van der Waals surface area contributed by atoms with Crippen LogP contribution in [0.15, 0.2) is 77.2 Å².